The first kappa shape index (κ1) is 21.9. The van der Waals surface area contributed by atoms with E-state index in [1.807, 2.05) is 42.6 Å². The van der Waals surface area contributed by atoms with Gasteiger partial charge in [-0.2, -0.15) is 5.21 Å². The number of carbonyl (C=O) groups is 1. The summed E-state index contributed by atoms with van der Waals surface area (Å²) in [6, 6.07) is 11.6. The first-order chi connectivity index (χ1) is 16.6. The van der Waals surface area contributed by atoms with Crippen LogP contribution in [0, 0.1) is 0 Å². The van der Waals surface area contributed by atoms with Crippen molar-refractivity contribution in [3.8, 4) is 22.5 Å². The van der Waals surface area contributed by atoms with E-state index in [0.29, 0.717) is 18.8 Å². The molecule has 34 heavy (non-hydrogen) atoms. The lowest BCUT2D eigenvalue weighted by Crippen LogP contribution is -2.30. The van der Waals surface area contributed by atoms with Crippen LogP contribution in [0.1, 0.15) is 56.5 Å². The van der Waals surface area contributed by atoms with Gasteiger partial charge in [0.1, 0.15) is 0 Å². The Morgan fingerprint density at radius 3 is 2.62 bits per heavy atom. The molecular formula is C25H27N7O2. The molecule has 1 aromatic carbocycles. The van der Waals surface area contributed by atoms with Crippen LogP contribution in [0.5, 0.6) is 0 Å². The van der Waals surface area contributed by atoms with E-state index >= 15 is 0 Å². The summed E-state index contributed by atoms with van der Waals surface area (Å²) >= 11 is 0. The molecule has 0 radical (unpaired) electrons. The highest BCUT2D eigenvalue weighted by Crippen LogP contribution is 2.26. The third kappa shape index (κ3) is 4.33. The lowest BCUT2D eigenvalue weighted by Gasteiger charge is -2.09. The van der Waals surface area contributed by atoms with Gasteiger partial charge in [-0.3, -0.25) is 18.9 Å². The Morgan fingerprint density at radius 2 is 1.91 bits per heavy atom. The van der Waals surface area contributed by atoms with Crippen molar-refractivity contribution in [2.75, 3.05) is 0 Å². The molecule has 1 aliphatic rings. The van der Waals surface area contributed by atoms with Gasteiger partial charge in [0.2, 0.25) is 5.82 Å². The second kappa shape index (κ2) is 9.54. The molecule has 174 valence electrons. The molecule has 1 N–H and O–H groups in total. The van der Waals surface area contributed by atoms with Crippen LogP contribution in [-0.2, 0) is 17.8 Å². The van der Waals surface area contributed by atoms with Crippen molar-refractivity contribution in [2.45, 2.75) is 58.0 Å². The van der Waals surface area contributed by atoms with E-state index in [0.717, 1.165) is 60.2 Å². The first-order valence-electron chi connectivity index (χ1n) is 11.8. The first-order valence-corrected chi connectivity index (χ1v) is 11.8. The summed E-state index contributed by atoms with van der Waals surface area (Å²) in [6.07, 6.45) is 8.64. The SMILES string of the molecule is CCCCc1cn(C2CCCC2=O)c(=O)n1Cc1cc(-c2ccc(-c3nn[nH]n3)cc2)ccn1. The number of pyridine rings is 1. The van der Waals surface area contributed by atoms with Gasteiger partial charge < -0.3 is 0 Å². The molecule has 0 amide bonds. The van der Waals surface area contributed by atoms with Gasteiger partial charge in [-0.25, -0.2) is 4.79 Å². The molecule has 9 heteroatoms. The molecule has 4 aromatic rings. The van der Waals surface area contributed by atoms with Crippen molar-refractivity contribution in [1.29, 1.82) is 0 Å². The minimum absolute atomic E-state index is 0.122. The summed E-state index contributed by atoms with van der Waals surface area (Å²) in [5.41, 5.74) is 4.56. The van der Waals surface area contributed by atoms with Crippen molar-refractivity contribution >= 4 is 5.78 Å². The average molecular weight is 458 g/mol. The molecule has 0 bridgehead atoms. The Morgan fingerprint density at radius 1 is 1.09 bits per heavy atom. The highest BCUT2D eigenvalue weighted by Gasteiger charge is 2.28. The molecule has 3 aromatic heterocycles. The Hall–Kier alpha value is -3.88. The minimum atomic E-state index is -0.328. The number of tetrazole rings is 1. The number of hydrogen-bond donors (Lipinski definition) is 1. The molecule has 9 nitrogen and oxygen atoms in total. The van der Waals surface area contributed by atoms with Gasteiger partial charge >= 0.3 is 5.69 Å². The zero-order chi connectivity index (χ0) is 23.5. The van der Waals surface area contributed by atoms with Crippen LogP contribution >= 0.6 is 0 Å². The molecular weight excluding hydrogens is 430 g/mol. The highest BCUT2D eigenvalue weighted by atomic mass is 16.2. The smallest absolute Gasteiger partial charge is 0.297 e. The third-order valence-corrected chi connectivity index (χ3v) is 6.44. The molecule has 0 aliphatic heterocycles. The number of H-pyrrole nitrogens is 1. The predicted molar refractivity (Wildman–Crippen MR) is 127 cm³/mol. The summed E-state index contributed by atoms with van der Waals surface area (Å²) < 4.78 is 3.44. The van der Waals surface area contributed by atoms with Crippen molar-refractivity contribution in [2.24, 2.45) is 0 Å². The van der Waals surface area contributed by atoms with Gasteiger partial charge in [0, 0.05) is 30.1 Å². The van der Waals surface area contributed by atoms with Crippen molar-refractivity contribution in [3.63, 3.8) is 0 Å². The summed E-state index contributed by atoms with van der Waals surface area (Å²) in [7, 11) is 0. The average Bonchev–Trinajstić information content (AvgIpc) is 3.61. The Labute approximate surface area is 196 Å². The summed E-state index contributed by atoms with van der Waals surface area (Å²) in [6.45, 7) is 2.51. The molecule has 1 aliphatic carbocycles. The number of ketones is 1. The Bertz CT molecular complexity index is 1340. The van der Waals surface area contributed by atoms with Gasteiger partial charge in [-0.15, -0.1) is 10.2 Å². The number of unbranched alkanes of at least 4 members (excludes halogenated alkanes) is 1. The van der Waals surface area contributed by atoms with Crippen molar-refractivity contribution < 1.29 is 4.79 Å². The lowest BCUT2D eigenvalue weighted by atomic mass is 10.0. The third-order valence-electron chi connectivity index (χ3n) is 6.44. The molecule has 0 saturated heterocycles. The molecule has 0 spiro atoms. The maximum absolute atomic E-state index is 13.3. The van der Waals surface area contributed by atoms with E-state index in [-0.39, 0.29) is 17.5 Å². The number of carbonyl (C=O) groups excluding carboxylic acids is 1. The number of benzene rings is 1. The fourth-order valence-electron chi connectivity index (χ4n) is 4.59. The standard InChI is InChI=1S/C25H27N7O2/c1-2-3-5-21-16-32(22-6-4-7-23(22)33)25(34)31(21)15-20-14-19(12-13-26-20)17-8-10-18(11-9-17)24-27-29-30-28-24/h8-14,16,22H,2-7,15H2,1H3,(H,27,28,29,30). The molecule has 1 atom stereocenters. The van der Waals surface area contributed by atoms with Gasteiger partial charge in [0.15, 0.2) is 5.78 Å². The predicted octanol–water partition coefficient (Wildman–Crippen LogP) is 3.58. The van der Waals surface area contributed by atoms with Crippen LogP contribution in [0.15, 0.2) is 53.6 Å². The highest BCUT2D eigenvalue weighted by molar-refractivity contribution is 5.84. The number of hydrogen-bond acceptors (Lipinski definition) is 6. The van der Waals surface area contributed by atoms with Crippen LogP contribution in [0.2, 0.25) is 0 Å². The van der Waals surface area contributed by atoms with Crippen molar-refractivity contribution in [1.82, 2.24) is 34.7 Å². The van der Waals surface area contributed by atoms with Crippen LogP contribution in [-0.4, -0.2) is 40.5 Å². The quantitative estimate of drug-likeness (QED) is 0.433. The molecule has 1 fully saturated rings. The number of aryl methyl sites for hydroxylation is 1. The number of aromatic amines is 1. The molecule has 1 unspecified atom stereocenters. The fourth-order valence-corrected chi connectivity index (χ4v) is 4.59. The number of nitrogens with one attached hydrogen (secondary N) is 1. The van der Waals surface area contributed by atoms with E-state index < -0.39 is 0 Å². The van der Waals surface area contributed by atoms with Crippen molar-refractivity contribution in [3.05, 3.63) is 70.7 Å². The molecule has 3 heterocycles. The van der Waals surface area contributed by atoms with Gasteiger partial charge in [0.25, 0.3) is 0 Å². The van der Waals surface area contributed by atoms with E-state index in [1.165, 1.54) is 0 Å². The van der Waals surface area contributed by atoms with Crippen LogP contribution in [0.3, 0.4) is 0 Å². The monoisotopic (exact) mass is 457 g/mol. The number of aromatic nitrogens is 7. The summed E-state index contributed by atoms with van der Waals surface area (Å²) in [4.78, 5) is 30.2. The summed E-state index contributed by atoms with van der Waals surface area (Å²) in [5.74, 6) is 0.705. The van der Waals surface area contributed by atoms with E-state index in [2.05, 4.69) is 32.5 Å². The second-order valence-corrected chi connectivity index (χ2v) is 8.72. The maximum Gasteiger partial charge on any atom is 0.329 e. The molecule has 5 rings (SSSR count). The Balaban J connectivity index is 1.43. The van der Waals surface area contributed by atoms with Gasteiger partial charge in [-0.1, -0.05) is 37.6 Å². The minimum Gasteiger partial charge on any atom is -0.297 e. The zero-order valence-electron chi connectivity index (χ0n) is 19.1. The zero-order valence-corrected chi connectivity index (χ0v) is 19.1. The fraction of sp³-hybridized carbons (Fsp3) is 0.360. The number of nitrogens with zero attached hydrogens (tertiary/aromatic N) is 6. The van der Waals surface area contributed by atoms with E-state index in [9.17, 15) is 9.59 Å². The van der Waals surface area contributed by atoms with Crippen LogP contribution in [0.4, 0.5) is 0 Å². The normalized spacial score (nSPS) is 15.8. The number of Topliss-reactive ketones (excluding diaryl/α,β-unsaturated/α-hetero) is 1. The molecule has 1 saturated carbocycles. The summed E-state index contributed by atoms with van der Waals surface area (Å²) in [5, 5.41) is 14.1. The topological polar surface area (TPSA) is 111 Å². The van der Waals surface area contributed by atoms with Crippen LogP contribution in [0.25, 0.3) is 22.5 Å². The van der Waals surface area contributed by atoms with E-state index in [4.69, 9.17) is 0 Å². The second-order valence-electron chi connectivity index (χ2n) is 8.72. The number of rotatable bonds is 8. The Kier molecular flexibility index (Phi) is 6.16. The van der Waals surface area contributed by atoms with Crippen LogP contribution < -0.4 is 5.69 Å². The largest absolute Gasteiger partial charge is 0.329 e. The number of imidazole rings is 1. The maximum atomic E-state index is 13.3. The van der Waals surface area contributed by atoms with Gasteiger partial charge in [-0.05, 0) is 54.2 Å². The van der Waals surface area contributed by atoms with E-state index in [1.54, 1.807) is 15.3 Å². The van der Waals surface area contributed by atoms with Gasteiger partial charge in [0.05, 0.1) is 18.3 Å². The lowest BCUT2D eigenvalue weighted by molar-refractivity contribution is -0.120.